The van der Waals surface area contributed by atoms with E-state index in [9.17, 15) is 14.4 Å². The van der Waals surface area contributed by atoms with Gasteiger partial charge in [0.1, 0.15) is 11.8 Å². The first-order valence-corrected chi connectivity index (χ1v) is 8.63. The fraction of sp³-hybridized carbons (Fsp3) is 0.200. The van der Waals surface area contributed by atoms with E-state index in [-0.39, 0.29) is 17.2 Å². The molecule has 0 aliphatic carbocycles. The SMILES string of the molecule is COc1cc(NC(=O)C(=O)Nc2ccccc2C#N)ccc1N1CCCC1=O. The van der Waals surface area contributed by atoms with Crippen LogP contribution in [0, 0.1) is 11.3 Å². The maximum Gasteiger partial charge on any atom is 0.314 e. The van der Waals surface area contributed by atoms with Crippen LogP contribution in [0.15, 0.2) is 42.5 Å². The van der Waals surface area contributed by atoms with E-state index in [1.165, 1.54) is 19.2 Å². The summed E-state index contributed by atoms with van der Waals surface area (Å²) in [7, 11) is 1.47. The van der Waals surface area contributed by atoms with Gasteiger partial charge in [-0.25, -0.2) is 0 Å². The Labute approximate surface area is 161 Å². The van der Waals surface area contributed by atoms with E-state index in [0.717, 1.165) is 6.42 Å². The van der Waals surface area contributed by atoms with Gasteiger partial charge in [-0.15, -0.1) is 0 Å². The molecule has 0 atom stereocenters. The van der Waals surface area contributed by atoms with Crippen molar-refractivity contribution in [2.45, 2.75) is 12.8 Å². The molecular formula is C20H18N4O4. The zero-order valence-corrected chi connectivity index (χ0v) is 15.2. The van der Waals surface area contributed by atoms with Crippen LogP contribution in [0.2, 0.25) is 0 Å². The average Bonchev–Trinajstić information content (AvgIpc) is 3.13. The number of nitrogens with one attached hydrogen (secondary N) is 2. The summed E-state index contributed by atoms with van der Waals surface area (Å²) in [5.74, 6) is -1.35. The van der Waals surface area contributed by atoms with Gasteiger partial charge < -0.3 is 20.3 Å². The van der Waals surface area contributed by atoms with Gasteiger partial charge in [0.15, 0.2) is 0 Å². The normalized spacial score (nSPS) is 13.0. The van der Waals surface area contributed by atoms with Gasteiger partial charge in [-0.05, 0) is 30.7 Å². The van der Waals surface area contributed by atoms with Crippen LogP contribution in [0.3, 0.4) is 0 Å². The number of hydrogen-bond donors (Lipinski definition) is 2. The predicted octanol–water partition coefficient (Wildman–Crippen LogP) is 2.27. The lowest BCUT2D eigenvalue weighted by molar-refractivity contribution is -0.133. The first kappa shape index (κ1) is 18.9. The maximum atomic E-state index is 12.2. The lowest BCUT2D eigenvalue weighted by atomic mass is 10.2. The molecule has 0 radical (unpaired) electrons. The summed E-state index contributed by atoms with van der Waals surface area (Å²) in [5, 5.41) is 14.0. The van der Waals surface area contributed by atoms with E-state index in [1.807, 2.05) is 6.07 Å². The van der Waals surface area contributed by atoms with Gasteiger partial charge in [-0.2, -0.15) is 5.26 Å². The van der Waals surface area contributed by atoms with Crippen molar-refractivity contribution in [3.63, 3.8) is 0 Å². The van der Waals surface area contributed by atoms with Gasteiger partial charge in [0.2, 0.25) is 5.91 Å². The van der Waals surface area contributed by atoms with Crippen LogP contribution in [0.4, 0.5) is 17.1 Å². The van der Waals surface area contributed by atoms with Crippen LogP contribution in [0.1, 0.15) is 18.4 Å². The molecule has 1 fully saturated rings. The molecule has 0 unspecified atom stereocenters. The van der Waals surface area contributed by atoms with Crippen LogP contribution in [0.25, 0.3) is 0 Å². The predicted molar refractivity (Wildman–Crippen MR) is 103 cm³/mol. The third-order valence-electron chi connectivity index (χ3n) is 4.30. The summed E-state index contributed by atoms with van der Waals surface area (Å²) in [4.78, 5) is 37.9. The van der Waals surface area contributed by atoms with Crippen LogP contribution < -0.4 is 20.3 Å². The number of para-hydroxylation sites is 1. The Balaban J connectivity index is 1.72. The van der Waals surface area contributed by atoms with Gasteiger partial charge in [0.25, 0.3) is 0 Å². The van der Waals surface area contributed by atoms with Gasteiger partial charge in [-0.3, -0.25) is 14.4 Å². The number of benzene rings is 2. The highest BCUT2D eigenvalue weighted by atomic mass is 16.5. The largest absolute Gasteiger partial charge is 0.494 e. The Morgan fingerprint density at radius 2 is 1.89 bits per heavy atom. The topological polar surface area (TPSA) is 112 Å². The zero-order valence-electron chi connectivity index (χ0n) is 15.2. The number of methoxy groups -OCH3 is 1. The molecule has 0 bridgehead atoms. The lowest BCUT2D eigenvalue weighted by Gasteiger charge is -2.19. The molecule has 1 aliphatic heterocycles. The molecule has 1 heterocycles. The van der Waals surface area contributed by atoms with Gasteiger partial charge in [0.05, 0.1) is 24.0 Å². The molecule has 28 heavy (non-hydrogen) atoms. The fourth-order valence-corrected chi connectivity index (χ4v) is 2.94. The molecule has 2 N–H and O–H groups in total. The Hall–Kier alpha value is -3.86. The standard InChI is InChI=1S/C20H18N4O4/c1-28-17-11-14(8-9-16(17)24-10-4-7-18(24)25)22-19(26)20(27)23-15-6-3-2-5-13(15)12-21/h2-3,5-6,8-9,11H,4,7,10H2,1H3,(H,22,26)(H,23,27). The molecule has 3 amide bonds. The molecule has 0 aromatic heterocycles. The fourth-order valence-electron chi connectivity index (χ4n) is 2.94. The highest BCUT2D eigenvalue weighted by Crippen LogP contribution is 2.33. The van der Waals surface area contributed by atoms with Gasteiger partial charge in [0, 0.05) is 24.7 Å². The molecule has 8 nitrogen and oxygen atoms in total. The number of anilines is 3. The highest BCUT2D eigenvalue weighted by Gasteiger charge is 2.25. The van der Waals surface area contributed by atoms with E-state index in [2.05, 4.69) is 10.6 Å². The first-order valence-electron chi connectivity index (χ1n) is 8.63. The number of hydrogen-bond acceptors (Lipinski definition) is 5. The van der Waals surface area contributed by atoms with E-state index >= 15 is 0 Å². The minimum atomic E-state index is -0.902. The Morgan fingerprint density at radius 3 is 2.57 bits per heavy atom. The van der Waals surface area contributed by atoms with Crippen molar-refractivity contribution in [3.8, 4) is 11.8 Å². The van der Waals surface area contributed by atoms with Crippen LogP contribution in [-0.4, -0.2) is 31.4 Å². The van der Waals surface area contributed by atoms with Crippen LogP contribution in [0.5, 0.6) is 5.75 Å². The molecule has 2 aromatic rings. The monoisotopic (exact) mass is 378 g/mol. The zero-order chi connectivity index (χ0) is 20.1. The molecular weight excluding hydrogens is 360 g/mol. The third-order valence-corrected chi connectivity index (χ3v) is 4.30. The molecule has 0 spiro atoms. The second-order valence-corrected chi connectivity index (χ2v) is 6.10. The number of rotatable bonds is 4. The van der Waals surface area contributed by atoms with E-state index in [0.29, 0.717) is 30.1 Å². The second-order valence-electron chi connectivity index (χ2n) is 6.10. The molecule has 8 heteroatoms. The minimum Gasteiger partial charge on any atom is -0.494 e. The van der Waals surface area contributed by atoms with Crippen LogP contribution >= 0.6 is 0 Å². The van der Waals surface area contributed by atoms with Crippen molar-refractivity contribution >= 4 is 34.8 Å². The maximum absolute atomic E-state index is 12.2. The third kappa shape index (κ3) is 3.94. The van der Waals surface area contributed by atoms with Crippen molar-refractivity contribution in [3.05, 3.63) is 48.0 Å². The summed E-state index contributed by atoms with van der Waals surface area (Å²) < 4.78 is 5.33. The molecule has 0 saturated carbocycles. The summed E-state index contributed by atoms with van der Waals surface area (Å²) in [6, 6.07) is 13.1. The number of ether oxygens (including phenoxy) is 1. The van der Waals surface area contributed by atoms with Crippen molar-refractivity contribution in [1.29, 1.82) is 5.26 Å². The highest BCUT2D eigenvalue weighted by molar-refractivity contribution is 6.43. The smallest absolute Gasteiger partial charge is 0.314 e. The van der Waals surface area contributed by atoms with E-state index in [4.69, 9.17) is 10.00 Å². The average molecular weight is 378 g/mol. The Kier molecular flexibility index (Phi) is 5.56. The second kappa shape index (κ2) is 8.22. The Bertz CT molecular complexity index is 980. The minimum absolute atomic E-state index is 0.0191. The first-order chi connectivity index (χ1) is 13.5. The summed E-state index contributed by atoms with van der Waals surface area (Å²) >= 11 is 0. The summed E-state index contributed by atoms with van der Waals surface area (Å²) in [5.41, 5.74) is 1.48. The number of carbonyl (C=O) groups is 3. The molecule has 1 saturated heterocycles. The number of nitrogens with zero attached hydrogens (tertiary/aromatic N) is 2. The van der Waals surface area contributed by atoms with Crippen molar-refractivity contribution in [2.24, 2.45) is 0 Å². The van der Waals surface area contributed by atoms with E-state index in [1.54, 1.807) is 35.2 Å². The molecule has 2 aromatic carbocycles. The quantitative estimate of drug-likeness (QED) is 0.793. The summed E-state index contributed by atoms with van der Waals surface area (Å²) in [6.45, 7) is 0.613. The Morgan fingerprint density at radius 1 is 1.14 bits per heavy atom. The van der Waals surface area contributed by atoms with Crippen molar-refractivity contribution < 1.29 is 19.1 Å². The molecule has 3 rings (SSSR count). The molecule has 142 valence electrons. The lowest BCUT2D eigenvalue weighted by Crippen LogP contribution is -2.29. The number of nitriles is 1. The van der Waals surface area contributed by atoms with Gasteiger partial charge >= 0.3 is 11.8 Å². The van der Waals surface area contributed by atoms with E-state index < -0.39 is 11.8 Å². The summed E-state index contributed by atoms with van der Waals surface area (Å²) in [6.07, 6.45) is 1.27. The number of carbonyl (C=O) groups excluding carboxylic acids is 3. The number of amides is 3. The van der Waals surface area contributed by atoms with Crippen LogP contribution in [-0.2, 0) is 14.4 Å². The van der Waals surface area contributed by atoms with Gasteiger partial charge in [-0.1, -0.05) is 12.1 Å². The van der Waals surface area contributed by atoms with Crippen molar-refractivity contribution in [2.75, 3.05) is 29.2 Å². The van der Waals surface area contributed by atoms with Crippen molar-refractivity contribution in [1.82, 2.24) is 0 Å². The molecule has 1 aliphatic rings.